The maximum Gasteiger partial charge on any atom is 0.202 e. The van der Waals surface area contributed by atoms with Crippen molar-refractivity contribution in [3.8, 4) is 11.3 Å². The fraction of sp³-hybridized carbons (Fsp3) is 0. The Balaban J connectivity index is 1.55. The van der Waals surface area contributed by atoms with Crippen LogP contribution in [0.3, 0.4) is 0 Å². The van der Waals surface area contributed by atoms with Gasteiger partial charge in [-0.25, -0.2) is 9.37 Å². The van der Waals surface area contributed by atoms with Gasteiger partial charge in [0, 0.05) is 16.6 Å². The molecule has 0 aliphatic carbocycles. The summed E-state index contributed by atoms with van der Waals surface area (Å²) in [7, 11) is 0. The second-order valence-corrected chi connectivity index (χ2v) is 5.88. The van der Waals surface area contributed by atoms with Crippen molar-refractivity contribution in [3.63, 3.8) is 0 Å². The Morgan fingerprint density at radius 2 is 1.78 bits per heavy atom. The molecular weight excluding hydrogens is 331 g/mol. The van der Waals surface area contributed by atoms with Crippen molar-refractivity contribution in [2.45, 2.75) is 0 Å². The van der Waals surface area contributed by atoms with E-state index >= 15 is 0 Å². The number of halogens is 1. The number of nitrogens with zero attached hydrogens (tertiary/aromatic N) is 1. The van der Waals surface area contributed by atoms with Gasteiger partial charge in [-0.05, 0) is 36.5 Å². The van der Waals surface area contributed by atoms with Gasteiger partial charge in [-0.15, -0.1) is 11.3 Å². The number of anilines is 2. The summed E-state index contributed by atoms with van der Waals surface area (Å²) >= 11 is 6.64. The molecule has 3 aromatic rings. The minimum atomic E-state index is -0.288. The molecule has 2 aromatic carbocycles. The van der Waals surface area contributed by atoms with E-state index in [1.54, 1.807) is 12.1 Å². The van der Waals surface area contributed by atoms with Gasteiger partial charge in [0.25, 0.3) is 0 Å². The highest BCUT2D eigenvalue weighted by Crippen LogP contribution is 2.23. The molecule has 0 radical (unpaired) electrons. The number of aromatic nitrogens is 1. The number of rotatable bonds is 4. The minimum absolute atomic E-state index is 0.288. The number of thiazole rings is 1. The van der Waals surface area contributed by atoms with Gasteiger partial charge in [0.15, 0.2) is 5.11 Å². The highest BCUT2D eigenvalue weighted by atomic mass is 32.1. The number of nitrogens with one attached hydrogen (secondary N) is 3. The first-order valence-electron chi connectivity index (χ1n) is 6.80. The summed E-state index contributed by atoms with van der Waals surface area (Å²) in [5, 5.41) is 5.98. The Hall–Kier alpha value is -2.51. The van der Waals surface area contributed by atoms with Gasteiger partial charge in [-0.3, -0.25) is 10.9 Å². The molecule has 3 N–H and O–H groups in total. The van der Waals surface area contributed by atoms with Gasteiger partial charge >= 0.3 is 0 Å². The summed E-state index contributed by atoms with van der Waals surface area (Å²) in [4.78, 5) is 4.48. The molecule has 0 spiro atoms. The smallest absolute Gasteiger partial charge is 0.202 e. The molecule has 0 saturated heterocycles. The van der Waals surface area contributed by atoms with Gasteiger partial charge in [0.2, 0.25) is 5.13 Å². The van der Waals surface area contributed by atoms with E-state index in [9.17, 15) is 4.39 Å². The zero-order valence-electron chi connectivity index (χ0n) is 11.9. The molecule has 0 aliphatic heterocycles. The van der Waals surface area contributed by atoms with Crippen LogP contribution in [0.1, 0.15) is 0 Å². The van der Waals surface area contributed by atoms with Crippen molar-refractivity contribution < 1.29 is 4.39 Å². The molecule has 0 saturated carbocycles. The fourth-order valence-electron chi connectivity index (χ4n) is 1.88. The SMILES string of the molecule is Fc1ccc(NC(=S)NNc2nc(-c3ccccc3)cs2)cc1. The predicted molar refractivity (Wildman–Crippen MR) is 96.9 cm³/mol. The second-order valence-electron chi connectivity index (χ2n) is 4.61. The Kier molecular flexibility index (Phi) is 4.80. The lowest BCUT2D eigenvalue weighted by molar-refractivity contribution is 0.628. The van der Waals surface area contributed by atoms with Crippen LogP contribution in [0.25, 0.3) is 11.3 Å². The summed E-state index contributed by atoms with van der Waals surface area (Å²) in [5.74, 6) is -0.288. The summed E-state index contributed by atoms with van der Waals surface area (Å²) in [6.45, 7) is 0. The molecular formula is C16H13FN4S2. The van der Waals surface area contributed by atoms with Crippen molar-refractivity contribution in [3.05, 3.63) is 65.8 Å². The predicted octanol–water partition coefficient (Wildman–Crippen LogP) is 4.26. The molecule has 3 rings (SSSR count). The maximum atomic E-state index is 12.8. The van der Waals surface area contributed by atoms with Crippen LogP contribution in [-0.2, 0) is 0 Å². The van der Waals surface area contributed by atoms with E-state index < -0.39 is 0 Å². The highest BCUT2D eigenvalue weighted by Gasteiger charge is 2.04. The van der Waals surface area contributed by atoms with Crippen molar-refractivity contribution >= 4 is 39.5 Å². The molecule has 4 nitrogen and oxygen atoms in total. The number of hydrogen-bond donors (Lipinski definition) is 3. The zero-order chi connectivity index (χ0) is 16.1. The van der Waals surface area contributed by atoms with Crippen molar-refractivity contribution in [1.82, 2.24) is 10.4 Å². The standard InChI is InChI=1S/C16H13FN4S2/c17-12-6-8-13(9-7-12)18-15(22)20-21-16-19-14(10-23-16)11-4-2-1-3-5-11/h1-10H,(H,19,21)(H2,18,20,22). The van der Waals surface area contributed by atoms with E-state index in [-0.39, 0.29) is 5.82 Å². The van der Waals surface area contributed by atoms with E-state index in [0.29, 0.717) is 15.9 Å². The fourth-order valence-corrected chi connectivity index (χ4v) is 2.72. The first-order chi connectivity index (χ1) is 11.2. The topological polar surface area (TPSA) is 49.0 Å². The molecule has 116 valence electrons. The van der Waals surface area contributed by atoms with E-state index in [1.807, 2.05) is 35.7 Å². The van der Waals surface area contributed by atoms with Gasteiger partial charge in [-0.1, -0.05) is 30.3 Å². The van der Waals surface area contributed by atoms with Crippen LogP contribution in [-0.4, -0.2) is 10.1 Å². The Bertz CT molecular complexity index is 787. The normalized spacial score (nSPS) is 10.1. The summed E-state index contributed by atoms with van der Waals surface area (Å²) in [5.41, 5.74) is 8.46. The molecule has 0 bridgehead atoms. The first-order valence-corrected chi connectivity index (χ1v) is 8.09. The largest absolute Gasteiger partial charge is 0.331 e. The van der Waals surface area contributed by atoms with Gasteiger partial charge in [-0.2, -0.15) is 0 Å². The van der Waals surface area contributed by atoms with Crippen LogP contribution in [0.5, 0.6) is 0 Å². The number of hydrazine groups is 1. The summed E-state index contributed by atoms with van der Waals surface area (Å²) < 4.78 is 12.8. The lowest BCUT2D eigenvalue weighted by atomic mass is 10.2. The van der Waals surface area contributed by atoms with E-state index in [4.69, 9.17) is 12.2 Å². The lowest BCUT2D eigenvalue weighted by Crippen LogP contribution is -2.33. The average Bonchev–Trinajstić information content (AvgIpc) is 3.05. The molecule has 1 aromatic heterocycles. The summed E-state index contributed by atoms with van der Waals surface area (Å²) in [6.07, 6.45) is 0. The maximum absolute atomic E-state index is 12.8. The van der Waals surface area contributed by atoms with Gasteiger partial charge in [0.05, 0.1) is 5.69 Å². The molecule has 0 fully saturated rings. The van der Waals surface area contributed by atoms with Crippen LogP contribution < -0.4 is 16.2 Å². The van der Waals surface area contributed by atoms with Crippen LogP contribution in [0, 0.1) is 5.82 Å². The van der Waals surface area contributed by atoms with Gasteiger partial charge < -0.3 is 5.32 Å². The molecule has 0 aliphatic rings. The minimum Gasteiger partial charge on any atom is -0.331 e. The second kappa shape index (κ2) is 7.17. The third-order valence-corrected chi connectivity index (χ3v) is 3.92. The highest BCUT2D eigenvalue weighted by molar-refractivity contribution is 7.80. The molecule has 7 heteroatoms. The Labute approximate surface area is 142 Å². The van der Waals surface area contributed by atoms with Crippen LogP contribution >= 0.6 is 23.6 Å². The van der Waals surface area contributed by atoms with Crippen molar-refractivity contribution in [2.75, 3.05) is 10.7 Å². The first kappa shape index (κ1) is 15.4. The van der Waals surface area contributed by atoms with Gasteiger partial charge in [0.1, 0.15) is 5.82 Å². The van der Waals surface area contributed by atoms with Crippen molar-refractivity contribution in [2.24, 2.45) is 0 Å². The third-order valence-electron chi connectivity index (χ3n) is 2.96. The third kappa shape index (κ3) is 4.24. The van der Waals surface area contributed by atoms with Crippen molar-refractivity contribution in [1.29, 1.82) is 0 Å². The van der Waals surface area contributed by atoms with E-state index in [1.165, 1.54) is 23.5 Å². The molecule has 23 heavy (non-hydrogen) atoms. The number of thiocarbonyl (C=S) groups is 1. The molecule has 0 atom stereocenters. The quantitative estimate of drug-likeness (QED) is 0.488. The van der Waals surface area contributed by atoms with E-state index in [2.05, 4.69) is 21.2 Å². The monoisotopic (exact) mass is 344 g/mol. The van der Waals surface area contributed by atoms with Crippen LogP contribution in [0.4, 0.5) is 15.2 Å². The Morgan fingerprint density at radius 1 is 1.04 bits per heavy atom. The van der Waals surface area contributed by atoms with Crippen LogP contribution in [0.15, 0.2) is 60.0 Å². The molecule has 0 unspecified atom stereocenters. The number of hydrogen-bond acceptors (Lipinski definition) is 4. The molecule has 1 heterocycles. The zero-order valence-corrected chi connectivity index (χ0v) is 13.5. The Morgan fingerprint density at radius 3 is 2.52 bits per heavy atom. The summed E-state index contributed by atoms with van der Waals surface area (Å²) in [6, 6.07) is 15.9. The lowest BCUT2D eigenvalue weighted by Gasteiger charge is -2.10. The average molecular weight is 344 g/mol. The van der Waals surface area contributed by atoms with E-state index in [0.717, 1.165) is 11.3 Å². The number of benzene rings is 2. The van der Waals surface area contributed by atoms with Crippen LogP contribution in [0.2, 0.25) is 0 Å². The molecule has 0 amide bonds.